The molecule has 0 N–H and O–H groups in total. The number of hydrogen-bond donors (Lipinski definition) is 0. The van der Waals surface area contributed by atoms with Crippen LogP contribution in [0.1, 0.15) is 54.4 Å². The van der Waals surface area contributed by atoms with Crippen molar-refractivity contribution in [3.63, 3.8) is 0 Å². The largest absolute Gasteiger partial charge is 0.0973 e. The van der Waals surface area contributed by atoms with Gasteiger partial charge in [-0.15, -0.1) is 0 Å². The summed E-state index contributed by atoms with van der Waals surface area (Å²) >= 11 is 0. The lowest BCUT2D eigenvalue weighted by atomic mass is 10.1. The number of hydrogen-bond acceptors (Lipinski definition) is 0. The van der Waals surface area contributed by atoms with Crippen LogP contribution in [-0.4, -0.2) is 34.0 Å². The van der Waals surface area contributed by atoms with E-state index in [1.165, 1.54) is 0 Å². The van der Waals surface area contributed by atoms with Crippen molar-refractivity contribution in [2.45, 2.75) is 76.0 Å². The first kappa shape index (κ1) is 13.3. The zero-order valence-electron chi connectivity index (χ0n) is 11.9. The van der Waals surface area contributed by atoms with Crippen LogP contribution in [0.3, 0.4) is 0 Å². The lowest BCUT2D eigenvalue weighted by Gasteiger charge is -2.57. The Bertz CT molecular complexity index is 231. The maximum Gasteiger partial charge on any atom is -0.0133 e. The molecule has 2 saturated heterocycles. The average molecular weight is 258 g/mol. The Morgan fingerprint density at radius 3 is 1.12 bits per heavy atom. The molecule has 0 spiro atoms. The van der Waals surface area contributed by atoms with Gasteiger partial charge in [0.25, 0.3) is 0 Å². The molecule has 2 aliphatic rings. The van der Waals surface area contributed by atoms with Crippen molar-refractivity contribution in [3.8, 4) is 0 Å². The minimum absolute atomic E-state index is 0.346. The summed E-state index contributed by atoms with van der Waals surface area (Å²) in [7, 11) is 0.692. The second-order valence-corrected chi connectivity index (χ2v) is 14.2. The van der Waals surface area contributed by atoms with Crippen LogP contribution in [0.15, 0.2) is 0 Å². The molecule has 0 aromatic carbocycles. The summed E-state index contributed by atoms with van der Waals surface area (Å²) in [5, 5.41) is 1.24. The highest BCUT2D eigenvalue weighted by molar-refractivity contribution is 7.66. The maximum absolute atomic E-state index is 2.48. The summed E-state index contributed by atoms with van der Waals surface area (Å²) in [6.45, 7) is 14.9. The molecule has 0 bridgehead atoms. The topological polar surface area (TPSA) is 0 Å². The molecule has 94 valence electrons. The highest BCUT2D eigenvalue weighted by Crippen LogP contribution is 2.73. The zero-order chi connectivity index (χ0) is 12.1. The summed E-state index contributed by atoms with van der Waals surface area (Å²) in [5.74, 6) is 0. The molecule has 2 rings (SSSR count). The Labute approximate surface area is 104 Å². The van der Waals surface area contributed by atoms with Gasteiger partial charge >= 0.3 is 0 Å². The van der Waals surface area contributed by atoms with Crippen LogP contribution in [0, 0.1) is 0 Å². The molecular formula is C14H28P2. The Morgan fingerprint density at radius 2 is 1.00 bits per heavy atom. The number of rotatable bonds is 1. The smallest absolute Gasteiger partial charge is 0.0133 e. The molecule has 0 aromatic heterocycles. The normalized spacial score (nSPS) is 40.1. The van der Waals surface area contributed by atoms with Gasteiger partial charge in [0, 0.05) is 0 Å². The molecule has 2 heterocycles. The molecule has 2 heteroatoms. The van der Waals surface area contributed by atoms with Crippen LogP contribution in [0.2, 0.25) is 0 Å². The molecular weight excluding hydrogens is 230 g/mol. The zero-order valence-corrected chi connectivity index (χ0v) is 13.7. The van der Waals surface area contributed by atoms with Crippen LogP contribution in [0.25, 0.3) is 0 Å². The monoisotopic (exact) mass is 258 g/mol. The second kappa shape index (κ2) is 4.20. The predicted octanol–water partition coefficient (Wildman–Crippen LogP) is 5.09. The third kappa shape index (κ3) is 2.35. The van der Waals surface area contributed by atoms with Gasteiger partial charge in [0.2, 0.25) is 0 Å². The minimum Gasteiger partial charge on any atom is -0.0973 e. The van der Waals surface area contributed by atoms with Crippen molar-refractivity contribution in [2.75, 3.05) is 12.3 Å². The van der Waals surface area contributed by atoms with E-state index in [0.29, 0.717) is 26.2 Å². The van der Waals surface area contributed by atoms with Crippen molar-refractivity contribution in [1.29, 1.82) is 0 Å². The van der Waals surface area contributed by atoms with Crippen LogP contribution in [-0.2, 0) is 0 Å². The van der Waals surface area contributed by atoms with Crippen molar-refractivity contribution in [3.05, 3.63) is 0 Å². The second-order valence-electron chi connectivity index (χ2n) is 7.44. The van der Waals surface area contributed by atoms with Crippen molar-refractivity contribution >= 4 is 15.8 Å². The van der Waals surface area contributed by atoms with Gasteiger partial charge in [0.05, 0.1) is 0 Å². The van der Waals surface area contributed by atoms with E-state index in [1.54, 1.807) is 25.2 Å². The molecule has 16 heavy (non-hydrogen) atoms. The first-order valence-corrected chi connectivity index (χ1v) is 9.94. The third-order valence-electron chi connectivity index (χ3n) is 4.30. The van der Waals surface area contributed by atoms with Gasteiger partial charge in [-0.05, 0) is 46.8 Å². The molecule has 0 aliphatic carbocycles. The van der Waals surface area contributed by atoms with Gasteiger partial charge in [-0.3, -0.25) is 0 Å². The molecule has 2 aliphatic heterocycles. The SMILES string of the molecule is CC(C)(C)[P@]1CC[C@@H]1[C@@H]1CC[P@]1C(C)(C)C. The first-order valence-electron chi connectivity index (χ1n) is 6.75. The molecule has 2 fully saturated rings. The predicted molar refractivity (Wildman–Crippen MR) is 79.9 cm³/mol. The Balaban J connectivity index is 2.00. The van der Waals surface area contributed by atoms with Gasteiger partial charge in [0.1, 0.15) is 0 Å². The van der Waals surface area contributed by atoms with E-state index >= 15 is 0 Å². The lowest BCUT2D eigenvalue weighted by molar-refractivity contribution is 0.597. The van der Waals surface area contributed by atoms with E-state index in [-0.39, 0.29) is 0 Å². The van der Waals surface area contributed by atoms with E-state index in [9.17, 15) is 0 Å². The van der Waals surface area contributed by atoms with Gasteiger partial charge in [0.15, 0.2) is 0 Å². The molecule has 0 nitrogen and oxygen atoms in total. The fraction of sp³-hybridized carbons (Fsp3) is 1.00. The van der Waals surface area contributed by atoms with Crippen LogP contribution in [0.5, 0.6) is 0 Å². The fourth-order valence-electron chi connectivity index (χ4n) is 3.28. The summed E-state index contributed by atoms with van der Waals surface area (Å²) in [6.07, 6.45) is 6.24. The molecule has 0 aromatic rings. The van der Waals surface area contributed by atoms with E-state index in [4.69, 9.17) is 0 Å². The minimum atomic E-state index is 0.346. The van der Waals surface area contributed by atoms with E-state index in [2.05, 4.69) is 41.5 Å². The summed E-state index contributed by atoms with van der Waals surface area (Å²) < 4.78 is 0. The lowest BCUT2D eigenvalue weighted by Crippen LogP contribution is -2.45. The highest BCUT2D eigenvalue weighted by Gasteiger charge is 2.50. The van der Waals surface area contributed by atoms with Crippen LogP contribution < -0.4 is 0 Å². The summed E-state index contributed by atoms with van der Waals surface area (Å²) in [4.78, 5) is 0. The maximum atomic E-state index is 2.48. The molecule has 0 amide bonds. The van der Waals surface area contributed by atoms with Gasteiger partial charge in [-0.25, -0.2) is 0 Å². The average Bonchev–Trinajstić information content (AvgIpc) is 1.87. The van der Waals surface area contributed by atoms with E-state index in [0.717, 1.165) is 11.3 Å². The highest BCUT2D eigenvalue weighted by atomic mass is 31.1. The third-order valence-corrected chi connectivity index (χ3v) is 12.3. The summed E-state index contributed by atoms with van der Waals surface area (Å²) in [6, 6.07) is 0. The van der Waals surface area contributed by atoms with E-state index in [1.807, 2.05) is 0 Å². The Kier molecular flexibility index (Phi) is 3.49. The van der Waals surface area contributed by atoms with Crippen molar-refractivity contribution in [2.24, 2.45) is 0 Å². The molecule has 0 saturated carbocycles. The van der Waals surface area contributed by atoms with Gasteiger partial charge in [-0.2, -0.15) is 0 Å². The Hall–Kier alpha value is 0.860. The summed E-state index contributed by atoms with van der Waals surface area (Å²) in [5.41, 5.74) is 2.29. The van der Waals surface area contributed by atoms with Crippen molar-refractivity contribution < 1.29 is 0 Å². The molecule has 4 atom stereocenters. The fourth-order valence-corrected chi connectivity index (χ4v) is 10.3. The quantitative estimate of drug-likeness (QED) is 0.574. The molecule has 0 unspecified atom stereocenters. The van der Waals surface area contributed by atoms with Gasteiger partial charge < -0.3 is 0 Å². The van der Waals surface area contributed by atoms with Gasteiger partial charge in [-0.1, -0.05) is 57.4 Å². The Morgan fingerprint density at radius 1 is 0.688 bits per heavy atom. The van der Waals surface area contributed by atoms with E-state index < -0.39 is 0 Å². The van der Waals surface area contributed by atoms with Crippen molar-refractivity contribution in [1.82, 2.24) is 0 Å². The standard InChI is InChI=1S/C14H28P2/c1-13(2,3)15-9-7-11(15)12-8-10-16(12)14(4,5)6/h11-12H,7-10H2,1-6H3/t11-,12+,15-,16+. The first-order chi connectivity index (χ1) is 7.21. The van der Waals surface area contributed by atoms with Crippen LogP contribution >= 0.6 is 15.8 Å². The molecule has 0 radical (unpaired) electrons. The van der Waals surface area contributed by atoms with Crippen LogP contribution in [0.4, 0.5) is 0 Å².